The van der Waals surface area contributed by atoms with Gasteiger partial charge in [-0.25, -0.2) is 0 Å². The van der Waals surface area contributed by atoms with E-state index < -0.39 is 5.79 Å². The van der Waals surface area contributed by atoms with Gasteiger partial charge in [0, 0.05) is 30.8 Å². The number of allylic oxidation sites excluding steroid dienone is 1. The van der Waals surface area contributed by atoms with Crippen LogP contribution in [0.1, 0.15) is 50.0 Å². The average molecular weight is 276 g/mol. The summed E-state index contributed by atoms with van der Waals surface area (Å²) in [4.78, 5) is 11.9. The number of ketones is 1. The molecule has 0 aliphatic carbocycles. The van der Waals surface area contributed by atoms with Crippen LogP contribution in [0.15, 0.2) is 36.4 Å². The van der Waals surface area contributed by atoms with Crippen LogP contribution in [0.5, 0.6) is 0 Å². The minimum atomic E-state index is -0.728. The predicted molar refractivity (Wildman–Crippen MR) is 80.8 cm³/mol. The highest BCUT2D eigenvalue weighted by Crippen LogP contribution is 2.31. The first kappa shape index (κ1) is 16.6. The van der Waals surface area contributed by atoms with Gasteiger partial charge in [-0.15, -0.1) is 0 Å². The van der Waals surface area contributed by atoms with Gasteiger partial charge in [-0.3, -0.25) is 4.79 Å². The Labute approximate surface area is 121 Å². The Bertz CT molecular complexity index is 454. The molecule has 3 nitrogen and oxygen atoms in total. The molecular weight excluding hydrogens is 252 g/mol. The van der Waals surface area contributed by atoms with E-state index in [2.05, 4.69) is 6.58 Å². The number of ether oxygens (including phenoxy) is 2. The molecule has 110 valence electrons. The molecule has 0 aliphatic rings. The second kappa shape index (κ2) is 7.36. The zero-order valence-electron chi connectivity index (χ0n) is 12.9. The lowest BCUT2D eigenvalue weighted by Crippen LogP contribution is -2.32. The third-order valence-corrected chi connectivity index (χ3v) is 3.19. The molecule has 0 aromatic heterocycles. The summed E-state index contributed by atoms with van der Waals surface area (Å²) in [6.07, 6.45) is 0.711. The molecular formula is C17H24O3. The van der Waals surface area contributed by atoms with Gasteiger partial charge in [-0.2, -0.15) is 0 Å². The van der Waals surface area contributed by atoms with Crippen molar-refractivity contribution in [1.29, 1.82) is 0 Å². The maximum Gasteiger partial charge on any atom is 0.194 e. The van der Waals surface area contributed by atoms with Gasteiger partial charge in [0.05, 0.1) is 0 Å². The number of rotatable bonds is 8. The molecule has 20 heavy (non-hydrogen) atoms. The summed E-state index contributed by atoms with van der Waals surface area (Å²) in [5.41, 5.74) is 2.11. The highest BCUT2D eigenvalue weighted by Gasteiger charge is 2.31. The summed E-state index contributed by atoms with van der Waals surface area (Å²) >= 11 is 0. The van der Waals surface area contributed by atoms with Crippen LogP contribution in [-0.4, -0.2) is 19.0 Å². The fourth-order valence-corrected chi connectivity index (χ4v) is 2.20. The van der Waals surface area contributed by atoms with Crippen molar-refractivity contribution in [2.24, 2.45) is 0 Å². The van der Waals surface area contributed by atoms with Gasteiger partial charge in [-0.05, 0) is 26.3 Å². The van der Waals surface area contributed by atoms with E-state index in [1.165, 1.54) is 0 Å². The number of benzene rings is 1. The summed E-state index contributed by atoms with van der Waals surface area (Å²) in [6, 6.07) is 7.39. The van der Waals surface area contributed by atoms with Crippen molar-refractivity contribution in [2.75, 3.05) is 13.2 Å². The SMILES string of the molecule is C=C(C)C(=O)c1ccc(C(CC)(OCC)OCC)cc1. The normalized spacial score (nSPS) is 11.4. The molecule has 0 spiro atoms. The van der Waals surface area contributed by atoms with Crippen molar-refractivity contribution in [2.45, 2.75) is 39.9 Å². The zero-order valence-corrected chi connectivity index (χ0v) is 12.9. The van der Waals surface area contributed by atoms with Crippen LogP contribution >= 0.6 is 0 Å². The van der Waals surface area contributed by atoms with E-state index in [4.69, 9.17) is 9.47 Å². The Morgan fingerprint density at radius 2 is 1.60 bits per heavy atom. The average Bonchev–Trinajstić information content (AvgIpc) is 2.46. The second-order valence-electron chi connectivity index (χ2n) is 4.66. The van der Waals surface area contributed by atoms with E-state index in [0.29, 0.717) is 30.8 Å². The third kappa shape index (κ3) is 3.56. The van der Waals surface area contributed by atoms with Crippen LogP contribution in [0.4, 0.5) is 0 Å². The van der Waals surface area contributed by atoms with Crippen molar-refractivity contribution in [3.63, 3.8) is 0 Å². The lowest BCUT2D eigenvalue weighted by Gasteiger charge is -2.32. The summed E-state index contributed by atoms with van der Waals surface area (Å²) in [5.74, 6) is -0.764. The lowest BCUT2D eigenvalue weighted by molar-refractivity contribution is -0.244. The fraction of sp³-hybridized carbons (Fsp3) is 0.471. The van der Waals surface area contributed by atoms with E-state index in [9.17, 15) is 4.79 Å². The molecule has 0 aliphatic heterocycles. The van der Waals surface area contributed by atoms with Gasteiger partial charge in [0.15, 0.2) is 11.6 Å². The van der Waals surface area contributed by atoms with Crippen molar-refractivity contribution in [3.8, 4) is 0 Å². The summed E-state index contributed by atoms with van der Waals surface area (Å²) in [7, 11) is 0. The Hall–Kier alpha value is -1.45. The van der Waals surface area contributed by atoms with Gasteiger partial charge < -0.3 is 9.47 Å². The number of hydrogen-bond donors (Lipinski definition) is 0. The Balaban J connectivity index is 3.10. The van der Waals surface area contributed by atoms with E-state index in [1.807, 2.05) is 32.9 Å². The highest BCUT2D eigenvalue weighted by molar-refractivity contribution is 6.07. The van der Waals surface area contributed by atoms with E-state index in [-0.39, 0.29) is 5.78 Å². The number of Topliss-reactive ketones (excluding diaryl/α,β-unsaturated/α-hetero) is 1. The van der Waals surface area contributed by atoms with Gasteiger partial charge >= 0.3 is 0 Å². The molecule has 0 fully saturated rings. The molecule has 1 aromatic carbocycles. The van der Waals surface area contributed by atoms with Gasteiger partial charge in [0.2, 0.25) is 0 Å². The van der Waals surface area contributed by atoms with Crippen LogP contribution in [0, 0.1) is 0 Å². The maximum absolute atomic E-state index is 11.9. The van der Waals surface area contributed by atoms with Crippen LogP contribution in [0.25, 0.3) is 0 Å². The third-order valence-electron chi connectivity index (χ3n) is 3.19. The highest BCUT2D eigenvalue weighted by atomic mass is 16.7. The number of carbonyl (C=O) groups excluding carboxylic acids is 1. The smallest absolute Gasteiger partial charge is 0.194 e. The molecule has 0 saturated carbocycles. The summed E-state index contributed by atoms with van der Waals surface area (Å²) < 4.78 is 11.7. The Morgan fingerprint density at radius 3 is 1.95 bits per heavy atom. The molecule has 1 aromatic rings. The quantitative estimate of drug-likeness (QED) is 0.408. The van der Waals surface area contributed by atoms with Crippen molar-refractivity contribution in [3.05, 3.63) is 47.5 Å². The first-order chi connectivity index (χ1) is 9.50. The molecule has 1 rings (SSSR count). The summed E-state index contributed by atoms with van der Waals surface area (Å²) in [5, 5.41) is 0. The van der Waals surface area contributed by atoms with Crippen molar-refractivity contribution < 1.29 is 14.3 Å². The molecule has 0 radical (unpaired) electrons. The van der Waals surface area contributed by atoms with Crippen molar-refractivity contribution in [1.82, 2.24) is 0 Å². The van der Waals surface area contributed by atoms with E-state index in [0.717, 1.165) is 5.56 Å². The van der Waals surface area contributed by atoms with Crippen molar-refractivity contribution >= 4 is 5.78 Å². The monoisotopic (exact) mass is 276 g/mol. The van der Waals surface area contributed by atoms with Gasteiger partial charge in [-0.1, -0.05) is 37.8 Å². The van der Waals surface area contributed by atoms with Crippen LogP contribution in [0.2, 0.25) is 0 Å². The minimum absolute atomic E-state index is 0.0357. The Morgan fingerprint density at radius 1 is 1.10 bits per heavy atom. The minimum Gasteiger partial charge on any atom is -0.346 e. The van der Waals surface area contributed by atoms with Gasteiger partial charge in [0.25, 0.3) is 0 Å². The zero-order chi connectivity index (χ0) is 15.2. The molecule has 0 saturated heterocycles. The molecule has 0 unspecified atom stereocenters. The first-order valence-corrected chi connectivity index (χ1v) is 7.09. The second-order valence-corrected chi connectivity index (χ2v) is 4.66. The summed E-state index contributed by atoms with van der Waals surface area (Å²) in [6.45, 7) is 12.5. The van der Waals surface area contributed by atoms with Crippen LogP contribution < -0.4 is 0 Å². The topological polar surface area (TPSA) is 35.5 Å². The van der Waals surface area contributed by atoms with E-state index in [1.54, 1.807) is 19.1 Å². The Kier molecular flexibility index (Phi) is 6.11. The standard InChI is InChI=1S/C17H24O3/c1-6-17(19-7-2,20-8-3)15-11-9-14(10-12-15)16(18)13(4)5/h9-12H,4,6-8H2,1-3,5H3. The predicted octanol–water partition coefficient (Wildman–Crippen LogP) is 4.08. The number of hydrogen-bond acceptors (Lipinski definition) is 3. The molecule has 0 atom stereocenters. The lowest BCUT2D eigenvalue weighted by atomic mass is 9.98. The largest absolute Gasteiger partial charge is 0.346 e. The first-order valence-electron chi connectivity index (χ1n) is 7.09. The van der Waals surface area contributed by atoms with Crippen LogP contribution in [-0.2, 0) is 15.3 Å². The maximum atomic E-state index is 11.9. The number of carbonyl (C=O) groups is 1. The molecule has 3 heteroatoms. The fourth-order valence-electron chi connectivity index (χ4n) is 2.20. The molecule has 0 bridgehead atoms. The molecule has 0 heterocycles. The molecule has 0 N–H and O–H groups in total. The van der Waals surface area contributed by atoms with E-state index >= 15 is 0 Å². The molecule has 0 amide bonds. The van der Waals surface area contributed by atoms with Gasteiger partial charge in [0.1, 0.15) is 0 Å². The van der Waals surface area contributed by atoms with Crippen LogP contribution in [0.3, 0.4) is 0 Å².